The number of hydrogen-bond acceptors (Lipinski definition) is 5. The minimum absolute atomic E-state index is 0.139. The molecule has 7 heteroatoms. The summed E-state index contributed by atoms with van der Waals surface area (Å²) in [5.74, 6) is -0.286. The Bertz CT molecular complexity index is 759. The highest BCUT2D eigenvalue weighted by Gasteiger charge is 2.10. The Kier molecular flexibility index (Phi) is 8.78. The number of carbonyl (C=O) groups excluding carboxylic acids is 2. The lowest BCUT2D eigenvalue weighted by Gasteiger charge is -2.09. The molecule has 0 aliphatic carbocycles. The second kappa shape index (κ2) is 11.3. The number of hydrogen-bond donors (Lipinski definition) is 1. The van der Waals surface area contributed by atoms with Crippen LogP contribution in [0, 0.1) is 0 Å². The minimum Gasteiger partial charge on any atom is -0.492 e. The van der Waals surface area contributed by atoms with Crippen LogP contribution in [0.2, 0.25) is 5.02 Å². The fourth-order valence-corrected chi connectivity index (χ4v) is 2.28. The predicted molar refractivity (Wildman–Crippen MR) is 107 cm³/mol. The summed E-state index contributed by atoms with van der Waals surface area (Å²) < 4.78 is 16.0. The topological polar surface area (TPSA) is 73.9 Å². The first-order valence-corrected chi connectivity index (χ1v) is 9.34. The van der Waals surface area contributed by atoms with E-state index in [-0.39, 0.29) is 12.7 Å². The van der Waals surface area contributed by atoms with Crippen molar-refractivity contribution >= 4 is 23.5 Å². The van der Waals surface area contributed by atoms with Gasteiger partial charge in [-0.1, -0.05) is 23.7 Å². The zero-order valence-electron chi connectivity index (χ0n) is 15.9. The maximum Gasteiger partial charge on any atom is 0.338 e. The largest absolute Gasteiger partial charge is 0.492 e. The van der Waals surface area contributed by atoms with Gasteiger partial charge in [0.2, 0.25) is 0 Å². The molecule has 0 fully saturated rings. The van der Waals surface area contributed by atoms with Crippen molar-refractivity contribution in [2.24, 2.45) is 0 Å². The lowest BCUT2D eigenvalue weighted by atomic mass is 10.1. The molecule has 0 aromatic heterocycles. The third-order valence-electron chi connectivity index (χ3n) is 3.61. The van der Waals surface area contributed by atoms with Crippen molar-refractivity contribution < 1.29 is 23.8 Å². The molecule has 0 spiro atoms. The molecule has 0 heterocycles. The maximum atomic E-state index is 12.0. The lowest BCUT2D eigenvalue weighted by Crippen LogP contribution is -2.32. The van der Waals surface area contributed by atoms with E-state index in [1.165, 1.54) is 0 Å². The molecule has 0 radical (unpaired) electrons. The minimum atomic E-state index is -0.552. The molecule has 0 saturated heterocycles. The summed E-state index contributed by atoms with van der Waals surface area (Å²) in [6, 6.07) is 13.8. The zero-order chi connectivity index (χ0) is 20.4. The lowest BCUT2D eigenvalue weighted by molar-refractivity contribution is -0.124. The third-order valence-corrected chi connectivity index (χ3v) is 3.87. The van der Waals surface area contributed by atoms with Gasteiger partial charge >= 0.3 is 5.97 Å². The molecule has 0 atom stereocenters. The second-order valence-corrected chi connectivity index (χ2v) is 6.72. The summed E-state index contributed by atoms with van der Waals surface area (Å²) in [7, 11) is 0. The van der Waals surface area contributed by atoms with Crippen LogP contribution in [0.15, 0.2) is 48.5 Å². The van der Waals surface area contributed by atoms with Gasteiger partial charge < -0.3 is 19.5 Å². The summed E-state index contributed by atoms with van der Waals surface area (Å²) in [6.45, 7) is 4.64. The number of carbonyl (C=O) groups is 2. The molecule has 0 aliphatic rings. The monoisotopic (exact) mass is 405 g/mol. The fraction of sp³-hybridized carbons (Fsp3) is 0.333. The van der Waals surface area contributed by atoms with Crippen molar-refractivity contribution in [2.45, 2.75) is 26.6 Å². The van der Waals surface area contributed by atoms with Gasteiger partial charge in [0.15, 0.2) is 6.61 Å². The van der Waals surface area contributed by atoms with Crippen molar-refractivity contribution in [2.75, 3.05) is 19.8 Å². The van der Waals surface area contributed by atoms with E-state index in [1.54, 1.807) is 48.5 Å². The number of halogens is 1. The smallest absolute Gasteiger partial charge is 0.338 e. The van der Waals surface area contributed by atoms with Gasteiger partial charge in [-0.05, 0) is 55.8 Å². The molecule has 2 aromatic carbocycles. The van der Waals surface area contributed by atoms with E-state index in [1.807, 2.05) is 13.8 Å². The first-order chi connectivity index (χ1) is 13.4. The van der Waals surface area contributed by atoms with Crippen LogP contribution in [0.1, 0.15) is 29.8 Å². The molecule has 28 heavy (non-hydrogen) atoms. The molecule has 0 bridgehead atoms. The number of ether oxygens (including phenoxy) is 3. The predicted octanol–water partition coefficient (Wildman–Crippen LogP) is 3.62. The molecule has 0 saturated carbocycles. The van der Waals surface area contributed by atoms with Crippen LogP contribution in [-0.2, 0) is 20.9 Å². The number of rotatable bonds is 10. The van der Waals surface area contributed by atoms with E-state index in [0.717, 1.165) is 5.56 Å². The van der Waals surface area contributed by atoms with E-state index >= 15 is 0 Å². The van der Waals surface area contributed by atoms with Crippen LogP contribution < -0.4 is 10.1 Å². The number of nitrogens with one attached hydrogen (secondary N) is 1. The van der Waals surface area contributed by atoms with Crippen molar-refractivity contribution in [1.82, 2.24) is 5.32 Å². The van der Waals surface area contributed by atoms with Gasteiger partial charge in [0.1, 0.15) is 12.4 Å². The number of esters is 1. The van der Waals surface area contributed by atoms with E-state index in [2.05, 4.69) is 5.32 Å². The van der Waals surface area contributed by atoms with Crippen LogP contribution in [0.4, 0.5) is 0 Å². The summed E-state index contributed by atoms with van der Waals surface area (Å²) in [4.78, 5) is 23.8. The molecule has 2 rings (SSSR count). The highest BCUT2D eigenvalue weighted by atomic mass is 35.5. The summed E-state index contributed by atoms with van der Waals surface area (Å²) in [6.07, 6.45) is 0.139. The Morgan fingerprint density at radius 3 is 2.36 bits per heavy atom. The van der Waals surface area contributed by atoms with Crippen LogP contribution in [0.3, 0.4) is 0 Å². The molecule has 6 nitrogen and oxygen atoms in total. The van der Waals surface area contributed by atoms with Crippen LogP contribution in [0.25, 0.3) is 0 Å². The maximum absolute atomic E-state index is 12.0. The van der Waals surface area contributed by atoms with E-state index in [9.17, 15) is 9.59 Å². The van der Waals surface area contributed by atoms with Crippen LogP contribution >= 0.6 is 11.6 Å². The molecule has 0 unspecified atom stereocenters. The van der Waals surface area contributed by atoms with Gasteiger partial charge in [0.25, 0.3) is 5.91 Å². The van der Waals surface area contributed by atoms with E-state index in [0.29, 0.717) is 36.1 Å². The van der Waals surface area contributed by atoms with Crippen LogP contribution in [0.5, 0.6) is 5.75 Å². The second-order valence-electron chi connectivity index (χ2n) is 6.29. The molecule has 150 valence electrons. The van der Waals surface area contributed by atoms with Crippen LogP contribution in [-0.4, -0.2) is 37.7 Å². The zero-order valence-corrected chi connectivity index (χ0v) is 16.7. The average molecular weight is 406 g/mol. The van der Waals surface area contributed by atoms with Gasteiger partial charge in [-0.2, -0.15) is 0 Å². The molecule has 2 aromatic rings. The summed E-state index contributed by atoms with van der Waals surface area (Å²) >= 11 is 5.79. The standard InChI is InChI=1S/C21H24ClNO5/c1-15(2)27-13-16-3-5-17(6-4-16)21(25)28-14-20(24)23-11-12-26-19-9-7-18(22)8-10-19/h3-10,15H,11-14H2,1-2H3,(H,23,24). The number of amides is 1. The van der Waals surface area contributed by atoms with Crippen molar-refractivity contribution in [3.8, 4) is 5.75 Å². The SMILES string of the molecule is CC(C)OCc1ccc(C(=O)OCC(=O)NCCOc2ccc(Cl)cc2)cc1. The average Bonchev–Trinajstić information content (AvgIpc) is 2.69. The van der Waals surface area contributed by atoms with Crippen molar-refractivity contribution in [3.05, 3.63) is 64.7 Å². The first-order valence-electron chi connectivity index (χ1n) is 8.97. The first kappa shape index (κ1) is 21.7. The fourth-order valence-electron chi connectivity index (χ4n) is 2.16. The Hall–Kier alpha value is -2.57. The molecular formula is C21H24ClNO5. The normalized spacial score (nSPS) is 10.6. The Morgan fingerprint density at radius 2 is 1.71 bits per heavy atom. The quantitative estimate of drug-likeness (QED) is 0.482. The Balaban J connectivity index is 1.64. The van der Waals surface area contributed by atoms with Gasteiger partial charge in [-0.25, -0.2) is 4.79 Å². The van der Waals surface area contributed by atoms with Gasteiger partial charge in [0, 0.05) is 5.02 Å². The highest BCUT2D eigenvalue weighted by molar-refractivity contribution is 6.30. The van der Waals surface area contributed by atoms with Gasteiger partial charge in [0.05, 0.1) is 24.8 Å². The van der Waals surface area contributed by atoms with Crippen molar-refractivity contribution in [1.29, 1.82) is 0 Å². The summed E-state index contributed by atoms with van der Waals surface area (Å²) in [5.41, 5.74) is 1.34. The third kappa shape index (κ3) is 7.98. The van der Waals surface area contributed by atoms with Gasteiger partial charge in [-0.3, -0.25) is 4.79 Å². The van der Waals surface area contributed by atoms with E-state index < -0.39 is 11.9 Å². The van der Waals surface area contributed by atoms with E-state index in [4.69, 9.17) is 25.8 Å². The highest BCUT2D eigenvalue weighted by Crippen LogP contribution is 2.15. The van der Waals surface area contributed by atoms with Crippen molar-refractivity contribution in [3.63, 3.8) is 0 Å². The Morgan fingerprint density at radius 1 is 1.04 bits per heavy atom. The molecule has 0 aliphatic heterocycles. The molecular weight excluding hydrogens is 382 g/mol. The molecule has 1 N–H and O–H groups in total. The Labute approximate surface area is 169 Å². The number of benzene rings is 2. The summed E-state index contributed by atoms with van der Waals surface area (Å²) in [5, 5.41) is 3.25. The van der Waals surface area contributed by atoms with Gasteiger partial charge in [-0.15, -0.1) is 0 Å². The molecule has 1 amide bonds.